The molecular weight excluding hydrogens is 528 g/mol. The van der Waals surface area contributed by atoms with E-state index in [-0.39, 0.29) is 35.8 Å². The molecule has 0 aromatic heterocycles. The maximum Gasteiger partial charge on any atom is 0.255 e. The van der Waals surface area contributed by atoms with Crippen molar-refractivity contribution < 1.29 is 34.8 Å². The lowest BCUT2D eigenvalue weighted by molar-refractivity contribution is -0.153. The number of carbonyl (C=O) groups excluding carboxylic acids is 3. The van der Waals surface area contributed by atoms with Gasteiger partial charge in [0.2, 0.25) is 5.78 Å². The highest BCUT2D eigenvalue weighted by Gasteiger charge is 2.64. The summed E-state index contributed by atoms with van der Waals surface area (Å²) in [7, 11) is 5.15. The van der Waals surface area contributed by atoms with Gasteiger partial charge in [0.1, 0.15) is 22.8 Å². The van der Waals surface area contributed by atoms with Gasteiger partial charge < -0.3 is 31.1 Å². The number of amides is 1. The fourth-order valence-electron chi connectivity index (χ4n) is 7.82. The first-order chi connectivity index (χ1) is 19.3. The van der Waals surface area contributed by atoms with Crippen molar-refractivity contribution in [1.29, 1.82) is 0 Å². The first-order valence-corrected chi connectivity index (χ1v) is 14.3. The van der Waals surface area contributed by atoms with E-state index in [1.54, 1.807) is 20.2 Å². The van der Waals surface area contributed by atoms with E-state index in [4.69, 9.17) is 5.73 Å². The molecule has 5 atom stereocenters. The van der Waals surface area contributed by atoms with Gasteiger partial charge in [0.25, 0.3) is 5.91 Å². The van der Waals surface area contributed by atoms with Crippen molar-refractivity contribution in [3.63, 3.8) is 0 Å². The van der Waals surface area contributed by atoms with Gasteiger partial charge >= 0.3 is 0 Å². The SMILES string of the molecule is CCCN(CC)C1CCN(C)c2c1cc(O)c1c2C[C@@H]2C[C@@H]3[C@@H](N(C)C)C(=O)C(C(N)=O)=C(O)[C@@]3(O)C(=O)C2=C1O. The van der Waals surface area contributed by atoms with Gasteiger partial charge in [-0.1, -0.05) is 13.8 Å². The number of nitrogens with zero attached hydrogens (tertiary/aromatic N) is 3. The predicted octanol–water partition coefficient (Wildman–Crippen LogP) is 1.58. The fraction of sp³-hybridized carbons (Fsp3) is 0.567. The average molecular weight is 569 g/mol. The second-order valence-corrected chi connectivity index (χ2v) is 12.0. The molecule has 0 bridgehead atoms. The van der Waals surface area contributed by atoms with Crippen LogP contribution in [0.2, 0.25) is 0 Å². The number of phenols is 1. The standard InChI is InChI=1S/C30H40N4O7/c1-6-9-34(7-2)18-8-10-33(5)23-15(18)13-19(35)21-16(23)11-14-12-17-24(32(3)4)26(37)22(29(31)40)28(39)30(17,41)27(38)20(14)25(21)36/h13-14,17-18,24,35-36,39,41H,6-12H2,1-5H3,(H2,31,40)/t14-,17-,18?,24-,30+/m1/s1. The predicted molar refractivity (Wildman–Crippen MR) is 152 cm³/mol. The maximum absolute atomic E-state index is 14.1. The van der Waals surface area contributed by atoms with Crippen molar-refractivity contribution in [2.24, 2.45) is 17.6 Å². The van der Waals surface area contributed by atoms with Crippen LogP contribution < -0.4 is 10.6 Å². The van der Waals surface area contributed by atoms with Crippen molar-refractivity contribution in [3.05, 3.63) is 39.7 Å². The highest BCUT2D eigenvalue weighted by Crippen LogP contribution is 2.55. The van der Waals surface area contributed by atoms with Gasteiger partial charge in [-0.2, -0.15) is 0 Å². The van der Waals surface area contributed by atoms with E-state index >= 15 is 0 Å². The third-order valence-corrected chi connectivity index (χ3v) is 9.56. The maximum atomic E-state index is 14.1. The summed E-state index contributed by atoms with van der Waals surface area (Å²) < 4.78 is 0. The molecule has 222 valence electrons. The van der Waals surface area contributed by atoms with Crippen molar-refractivity contribution in [1.82, 2.24) is 9.80 Å². The van der Waals surface area contributed by atoms with E-state index in [2.05, 4.69) is 23.6 Å². The number of benzene rings is 1. The Morgan fingerprint density at radius 2 is 1.88 bits per heavy atom. The Labute approximate surface area is 239 Å². The summed E-state index contributed by atoms with van der Waals surface area (Å²) in [5.74, 6) is -6.42. The molecule has 0 radical (unpaired) electrons. The van der Waals surface area contributed by atoms with E-state index in [9.17, 15) is 34.8 Å². The lowest BCUT2D eigenvalue weighted by atomic mass is 9.57. The van der Waals surface area contributed by atoms with E-state index in [0.29, 0.717) is 5.56 Å². The number of rotatable bonds is 6. The Morgan fingerprint density at radius 3 is 2.46 bits per heavy atom. The summed E-state index contributed by atoms with van der Waals surface area (Å²) in [6.07, 6.45) is 2.21. The van der Waals surface area contributed by atoms with Gasteiger partial charge in [-0.3, -0.25) is 24.2 Å². The molecule has 1 aromatic carbocycles. The number of Topliss-reactive ketones (excluding diaryl/α,β-unsaturated/α-hetero) is 2. The minimum Gasteiger partial charge on any atom is -0.508 e. The number of anilines is 1. The smallest absolute Gasteiger partial charge is 0.255 e. The number of phenolic OH excluding ortho intramolecular Hbond substituents is 1. The molecule has 1 fully saturated rings. The van der Waals surface area contributed by atoms with Gasteiger partial charge in [0.05, 0.1) is 11.6 Å². The summed E-state index contributed by atoms with van der Waals surface area (Å²) >= 11 is 0. The lowest BCUT2D eigenvalue weighted by Gasteiger charge is -2.50. The molecular formula is C30H40N4O7. The number of carbonyl (C=O) groups is 3. The first kappa shape index (κ1) is 29.1. The fourth-order valence-corrected chi connectivity index (χ4v) is 7.82. The van der Waals surface area contributed by atoms with Gasteiger partial charge in [0.15, 0.2) is 11.4 Å². The van der Waals surface area contributed by atoms with Gasteiger partial charge in [-0.05, 0) is 76.0 Å². The Bertz CT molecular complexity index is 1400. The number of nitrogens with two attached hydrogens (primary N) is 1. The van der Waals surface area contributed by atoms with Crippen LogP contribution in [-0.4, -0.2) is 100 Å². The molecule has 1 saturated carbocycles. The topological polar surface area (TPSA) is 168 Å². The molecule has 0 saturated heterocycles. The molecule has 1 heterocycles. The molecule has 11 nitrogen and oxygen atoms in total. The third kappa shape index (κ3) is 4.00. The zero-order valence-corrected chi connectivity index (χ0v) is 24.3. The molecule has 1 aromatic rings. The monoisotopic (exact) mass is 568 g/mol. The zero-order chi connectivity index (χ0) is 30.1. The van der Waals surface area contributed by atoms with Crippen molar-refractivity contribution >= 4 is 28.9 Å². The Hall–Kier alpha value is -3.41. The van der Waals surface area contributed by atoms with E-state index < -0.39 is 58.0 Å². The van der Waals surface area contributed by atoms with Crippen molar-refractivity contribution in [2.75, 3.05) is 45.7 Å². The normalized spacial score (nSPS) is 29.5. The van der Waals surface area contributed by atoms with Crippen LogP contribution in [-0.2, 0) is 20.8 Å². The number of hydrogen-bond acceptors (Lipinski definition) is 10. The van der Waals surface area contributed by atoms with E-state index in [0.717, 1.165) is 43.7 Å². The second kappa shape index (κ2) is 10.1. The number of aromatic hydroxyl groups is 1. The Balaban J connectivity index is 1.71. The lowest BCUT2D eigenvalue weighted by Crippen LogP contribution is -2.65. The number of ketones is 2. The van der Waals surface area contributed by atoms with Crippen LogP contribution in [0, 0.1) is 11.8 Å². The van der Waals surface area contributed by atoms with Gasteiger partial charge in [0, 0.05) is 36.8 Å². The largest absolute Gasteiger partial charge is 0.508 e. The summed E-state index contributed by atoms with van der Waals surface area (Å²) in [6, 6.07) is 0.639. The number of likely N-dealkylation sites (N-methyl/N-ethyl adjacent to an activating group) is 1. The molecule has 6 N–H and O–H groups in total. The number of primary amides is 1. The van der Waals surface area contributed by atoms with Crippen LogP contribution in [0.25, 0.3) is 5.76 Å². The molecule has 5 rings (SSSR count). The molecule has 3 aliphatic carbocycles. The summed E-state index contributed by atoms with van der Waals surface area (Å²) in [4.78, 5) is 45.5. The highest BCUT2D eigenvalue weighted by atomic mass is 16.3. The highest BCUT2D eigenvalue weighted by molar-refractivity contribution is 6.24. The number of aliphatic hydroxyl groups excluding tert-OH is 2. The van der Waals surface area contributed by atoms with Crippen molar-refractivity contribution in [2.45, 2.75) is 57.2 Å². The number of hydrogen-bond donors (Lipinski definition) is 5. The second-order valence-electron chi connectivity index (χ2n) is 12.0. The van der Waals surface area contributed by atoms with Crippen LogP contribution in [0.4, 0.5) is 5.69 Å². The Morgan fingerprint density at radius 1 is 1.20 bits per heavy atom. The Kier molecular flexibility index (Phi) is 7.20. The quantitative estimate of drug-likeness (QED) is 0.318. The number of fused-ring (bicyclic) bond motifs is 5. The summed E-state index contributed by atoms with van der Waals surface area (Å²) in [5, 5.41) is 45.7. The molecule has 1 aliphatic heterocycles. The minimum absolute atomic E-state index is 0.0697. The molecule has 4 aliphatic rings. The van der Waals surface area contributed by atoms with Gasteiger partial charge in [-0.15, -0.1) is 0 Å². The molecule has 11 heteroatoms. The number of aliphatic hydroxyl groups is 3. The van der Waals surface area contributed by atoms with E-state index in [1.807, 2.05) is 7.05 Å². The summed E-state index contributed by atoms with van der Waals surface area (Å²) in [5.41, 5.74) is 4.52. The van der Waals surface area contributed by atoms with Crippen LogP contribution >= 0.6 is 0 Å². The van der Waals surface area contributed by atoms with Crippen molar-refractivity contribution in [3.8, 4) is 5.75 Å². The van der Waals surface area contributed by atoms with E-state index in [1.165, 1.54) is 4.90 Å². The average Bonchev–Trinajstić information content (AvgIpc) is 2.89. The summed E-state index contributed by atoms with van der Waals surface area (Å²) in [6.45, 7) is 6.76. The molecule has 41 heavy (non-hydrogen) atoms. The molecule has 1 unspecified atom stereocenters. The minimum atomic E-state index is -2.64. The van der Waals surface area contributed by atoms with Gasteiger partial charge in [-0.25, -0.2) is 0 Å². The molecule has 0 spiro atoms. The van der Waals surface area contributed by atoms with Crippen LogP contribution in [0.3, 0.4) is 0 Å². The third-order valence-electron chi connectivity index (χ3n) is 9.56. The first-order valence-electron chi connectivity index (χ1n) is 14.3. The molecule has 1 amide bonds. The van der Waals surface area contributed by atoms with Crippen LogP contribution in [0.5, 0.6) is 5.75 Å². The zero-order valence-electron chi connectivity index (χ0n) is 24.3. The van der Waals surface area contributed by atoms with Crippen LogP contribution in [0.15, 0.2) is 23.0 Å². The van der Waals surface area contributed by atoms with Crippen LogP contribution in [0.1, 0.15) is 55.8 Å².